The third-order valence-electron chi connectivity index (χ3n) is 5.90. The highest BCUT2D eigenvalue weighted by atomic mass is 32.1. The monoisotopic (exact) mass is 419 g/mol. The second kappa shape index (κ2) is 7.83. The number of nitrogens with zero attached hydrogens (tertiary/aromatic N) is 5. The van der Waals surface area contributed by atoms with Crippen molar-refractivity contribution in [3.63, 3.8) is 0 Å². The van der Waals surface area contributed by atoms with E-state index in [4.69, 9.17) is 9.26 Å². The number of carbonyl (C=O) groups excluding carboxylic acids is 2. The SMILES string of the molecule is Cc1nsnc1C(=O)N1CCC2(CC1)CN(Cc1c(C)noc1C)C(=O)CCO2. The highest BCUT2D eigenvalue weighted by Crippen LogP contribution is 2.32. The number of hydrogen-bond donors (Lipinski definition) is 0. The summed E-state index contributed by atoms with van der Waals surface area (Å²) in [5.74, 6) is 0.732. The lowest BCUT2D eigenvalue weighted by molar-refractivity contribution is -0.132. The zero-order chi connectivity index (χ0) is 20.6. The summed E-state index contributed by atoms with van der Waals surface area (Å²) in [5.41, 5.74) is 2.43. The van der Waals surface area contributed by atoms with Crippen LogP contribution in [-0.4, -0.2) is 67.4 Å². The van der Waals surface area contributed by atoms with E-state index in [1.54, 1.807) is 6.92 Å². The average Bonchev–Trinajstić information content (AvgIpc) is 3.23. The van der Waals surface area contributed by atoms with Crippen LogP contribution < -0.4 is 0 Å². The van der Waals surface area contributed by atoms with Crippen LogP contribution in [0.4, 0.5) is 0 Å². The number of piperidine rings is 1. The number of amides is 2. The Balaban J connectivity index is 1.46. The molecule has 0 bridgehead atoms. The summed E-state index contributed by atoms with van der Waals surface area (Å²) >= 11 is 1.06. The molecule has 0 aliphatic carbocycles. The van der Waals surface area contributed by atoms with Gasteiger partial charge in [0.2, 0.25) is 5.91 Å². The van der Waals surface area contributed by atoms with E-state index in [2.05, 4.69) is 13.9 Å². The molecule has 2 aliphatic rings. The van der Waals surface area contributed by atoms with E-state index in [9.17, 15) is 9.59 Å². The third-order valence-corrected chi connectivity index (χ3v) is 6.52. The first-order valence-electron chi connectivity index (χ1n) is 9.80. The van der Waals surface area contributed by atoms with Gasteiger partial charge in [-0.25, -0.2) is 0 Å². The average molecular weight is 420 g/mol. The maximum Gasteiger partial charge on any atom is 0.275 e. The van der Waals surface area contributed by atoms with Crippen molar-refractivity contribution in [1.29, 1.82) is 0 Å². The van der Waals surface area contributed by atoms with Crippen molar-refractivity contribution < 1.29 is 18.8 Å². The van der Waals surface area contributed by atoms with Gasteiger partial charge in [-0.3, -0.25) is 9.59 Å². The van der Waals surface area contributed by atoms with Gasteiger partial charge in [-0.1, -0.05) is 5.16 Å². The molecule has 0 radical (unpaired) electrons. The molecule has 2 saturated heterocycles. The summed E-state index contributed by atoms with van der Waals surface area (Å²) in [6.07, 6.45) is 1.72. The molecule has 9 nitrogen and oxygen atoms in total. The fraction of sp³-hybridized carbons (Fsp3) is 0.632. The van der Waals surface area contributed by atoms with Crippen LogP contribution in [0.25, 0.3) is 0 Å². The van der Waals surface area contributed by atoms with E-state index in [1.807, 2.05) is 23.6 Å². The first-order chi connectivity index (χ1) is 13.9. The number of ether oxygens (including phenoxy) is 1. The van der Waals surface area contributed by atoms with Crippen LogP contribution in [0.5, 0.6) is 0 Å². The fourth-order valence-electron chi connectivity index (χ4n) is 4.05. The maximum absolute atomic E-state index is 12.7. The van der Waals surface area contributed by atoms with Crippen molar-refractivity contribution in [2.45, 2.75) is 52.2 Å². The maximum atomic E-state index is 12.7. The van der Waals surface area contributed by atoms with Crippen LogP contribution in [-0.2, 0) is 16.1 Å². The van der Waals surface area contributed by atoms with Gasteiger partial charge in [0.05, 0.1) is 54.8 Å². The molecule has 1 spiro atoms. The molecule has 10 heteroatoms. The number of aromatic nitrogens is 3. The lowest BCUT2D eigenvalue weighted by Gasteiger charge is -2.42. The summed E-state index contributed by atoms with van der Waals surface area (Å²) in [6, 6.07) is 0. The van der Waals surface area contributed by atoms with Crippen molar-refractivity contribution in [3.05, 3.63) is 28.4 Å². The van der Waals surface area contributed by atoms with Crippen molar-refractivity contribution in [3.8, 4) is 0 Å². The van der Waals surface area contributed by atoms with Gasteiger partial charge in [0, 0.05) is 18.7 Å². The molecule has 29 heavy (non-hydrogen) atoms. The molecule has 4 rings (SSSR count). The molecule has 156 valence electrons. The molecule has 0 aromatic carbocycles. The van der Waals surface area contributed by atoms with E-state index in [0.717, 1.165) is 28.7 Å². The van der Waals surface area contributed by atoms with Crippen molar-refractivity contribution >= 4 is 23.5 Å². The lowest BCUT2D eigenvalue weighted by Crippen LogP contribution is -2.53. The van der Waals surface area contributed by atoms with Crippen molar-refractivity contribution in [1.82, 2.24) is 23.7 Å². The van der Waals surface area contributed by atoms with Crippen LogP contribution in [0.15, 0.2) is 4.52 Å². The molecule has 2 aromatic heterocycles. The predicted molar refractivity (Wildman–Crippen MR) is 104 cm³/mol. The molecule has 0 unspecified atom stereocenters. The number of hydrogen-bond acceptors (Lipinski definition) is 8. The van der Waals surface area contributed by atoms with Gasteiger partial charge in [-0.05, 0) is 33.6 Å². The fourth-order valence-corrected chi connectivity index (χ4v) is 4.59. The van der Waals surface area contributed by atoms with E-state index < -0.39 is 5.60 Å². The van der Waals surface area contributed by atoms with E-state index >= 15 is 0 Å². The Morgan fingerprint density at radius 1 is 1.17 bits per heavy atom. The quantitative estimate of drug-likeness (QED) is 0.748. The van der Waals surface area contributed by atoms with Crippen LogP contribution >= 0.6 is 11.7 Å². The molecule has 4 heterocycles. The summed E-state index contributed by atoms with van der Waals surface area (Å²) in [5, 5.41) is 4.00. The van der Waals surface area contributed by atoms with E-state index in [-0.39, 0.29) is 11.8 Å². The standard InChI is InChI=1S/C19H25N5O4S/c1-12-15(14(3)28-20-12)10-24-11-19(27-9-4-16(24)25)5-7-23(8-6-19)18(26)17-13(2)21-29-22-17/h4-11H2,1-3H3. The molecular weight excluding hydrogens is 394 g/mol. The topological polar surface area (TPSA) is 102 Å². The van der Waals surface area contributed by atoms with E-state index in [1.165, 1.54) is 0 Å². The predicted octanol–water partition coefficient (Wildman–Crippen LogP) is 1.88. The molecule has 2 amide bonds. The van der Waals surface area contributed by atoms with Crippen LogP contribution in [0.3, 0.4) is 0 Å². The minimum Gasteiger partial charge on any atom is -0.372 e. The van der Waals surface area contributed by atoms with Gasteiger partial charge in [0.15, 0.2) is 5.69 Å². The molecular formula is C19H25N5O4S. The van der Waals surface area contributed by atoms with Gasteiger partial charge >= 0.3 is 0 Å². The molecule has 2 fully saturated rings. The van der Waals surface area contributed by atoms with Gasteiger partial charge < -0.3 is 19.1 Å². The van der Waals surface area contributed by atoms with Crippen molar-refractivity contribution in [2.75, 3.05) is 26.2 Å². The number of aryl methyl sites for hydroxylation is 3. The number of rotatable bonds is 3. The highest BCUT2D eigenvalue weighted by molar-refractivity contribution is 6.99. The van der Waals surface area contributed by atoms with Gasteiger partial charge in [0.25, 0.3) is 5.91 Å². The highest BCUT2D eigenvalue weighted by Gasteiger charge is 2.42. The first kappa shape index (κ1) is 20.0. The smallest absolute Gasteiger partial charge is 0.275 e. The third kappa shape index (κ3) is 3.91. The summed E-state index contributed by atoms with van der Waals surface area (Å²) in [4.78, 5) is 29.1. The van der Waals surface area contributed by atoms with Crippen LogP contribution in [0.2, 0.25) is 0 Å². The zero-order valence-corrected chi connectivity index (χ0v) is 17.8. The lowest BCUT2D eigenvalue weighted by atomic mass is 9.90. The van der Waals surface area contributed by atoms with Gasteiger partial charge in [0.1, 0.15) is 5.76 Å². The summed E-state index contributed by atoms with van der Waals surface area (Å²) in [7, 11) is 0. The minimum atomic E-state index is -0.433. The Morgan fingerprint density at radius 2 is 1.93 bits per heavy atom. The minimum absolute atomic E-state index is 0.0737. The largest absolute Gasteiger partial charge is 0.372 e. The molecule has 2 aliphatic heterocycles. The Hall–Kier alpha value is -2.33. The van der Waals surface area contributed by atoms with Gasteiger partial charge in [-0.2, -0.15) is 8.75 Å². The molecule has 2 aromatic rings. The summed E-state index contributed by atoms with van der Waals surface area (Å²) < 4.78 is 19.7. The first-order valence-corrected chi connectivity index (χ1v) is 10.5. The van der Waals surface area contributed by atoms with Crippen LogP contribution in [0, 0.1) is 20.8 Å². The van der Waals surface area contributed by atoms with Gasteiger partial charge in [-0.15, -0.1) is 0 Å². The second-order valence-electron chi connectivity index (χ2n) is 7.82. The Kier molecular flexibility index (Phi) is 5.39. The number of carbonyl (C=O) groups is 2. The van der Waals surface area contributed by atoms with E-state index in [0.29, 0.717) is 63.4 Å². The summed E-state index contributed by atoms with van der Waals surface area (Å²) in [6.45, 7) is 8.08. The zero-order valence-electron chi connectivity index (χ0n) is 16.9. The van der Waals surface area contributed by atoms with Crippen molar-refractivity contribution in [2.24, 2.45) is 0 Å². The Morgan fingerprint density at radius 3 is 2.55 bits per heavy atom. The van der Waals surface area contributed by atoms with Crippen LogP contribution in [0.1, 0.15) is 52.5 Å². The molecule has 0 saturated carbocycles. The molecule has 0 N–H and O–H groups in total. The Labute approximate surface area is 173 Å². The number of likely N-dealkylation sites (tertiary alicyclic amines) is 1. The second-order valence-corrected chi connectivity index (χ2v) is 8.35. The molecule has 0 atom stereocenters. The Bertz CT molecular complexity index is 896. The normalized spacial score (nSPS) is 19.6.